The Hall–Kier alpha value is -2.77. The number of carbonyl (C=O) groups is 2. The van der Waals surface area contributed by atoms with Gasteiger partial charge < -0.3 is 0 Å². The fourth-order valence-corrected chi connectivity index (χ4v) is 3.79. The van der Waals surface area contributed by atoms with Crippen molar-refractivity contribution in [3.8, 4) is 0 Å². The molecule has 0 spiro atoms. The number of hydrogen-bond donors (Lipinski definition) is 0. The lowest BCUT2D eigenvalue weighted by atomic mass is 9.93. The molecule has 128 valence electrons. The van der Waals surface area contributed by atoms with Gasteiger partial charge in [0.25, 0.3) is 17.5 Å². The average molecular weight is 432 g/mol. The average Bonchev–Trinajstić information content (AvgIpc) is 2.62. The maximum absolute atomic E-state index is 13.0. The number of rotatable bonds is 2. The Labute approximate surface area is 160 Å². The maximum Gasteiger partial charge on any atom is 0.284 e. The molecule has 8 heteroatoms. The van der Waals surface area contributed by atoms with E-state index < -0.39 is 16.7 Å². The molecule has 0 N–H and O–H groups in total. The van der Waals surface area contributed by atoms with Crippen molar-refractivity contribution in [3.05, 3.63) is 79.3 Å². The van der Waals surface area contributed by atoms with Crippen molar-refractivity contribution in [2.24, 2.45) is 0 Å². The maximum atomic E-state index is 13.0. The van der Waals surface area contributed by atoms with E-state index in [1.807, 2.05) is 0 Å². The highest BCUT2D eigenvalue weighted by molar-refractivity contribution is 9.10. The van der Waals surface area contributed by atoms with Gasteiger partial charge in [-0.15, -0.1) is 0 Å². The van der Waals surface area contributed by atoms with E-state index in [1.54, 1.807) is 42.5 Å². The van der Waals surface area contributed by atoms with Crippen LogP contribution in [0.4, 0.5) is 11.4 Å². The summed E-state index contributed by atoms with van der Waals surface area (Å²) in [5, 5.41) is 12.7. The molecule has 3 aromatic rings. The normalized spacial score (nSPS) is 13.4. The topological polar surface area (TPSA) is 80.5 Å². The Kier molecular flexibility index (Phi) is 3.78. The number of benzene rings is 3. The molecule has 0 unspecified atom stereocenters. The van der Waals surface area contributed by atoms with Gasteiger partial charge in [-0.2, -0.15) is 0 Å². The zero-order valence-corrected chi connectivity index (χ0v) is 15.2. The van der Waals surface area contributed by atoms with Crippen molar-refractivity contribution in [1.29, 1.82) is 0 Å². The molecule has 0 fully saturated rings. The van der Waals surface area contributed by atoms with E-state index in [0.717, 1.165) is 4.90 Å². The van der Waals surface area contributed by atoms with Crippen molar-refractivity contribution in [1.82, 2.24) is 0 Å². The summed E-state index contributed by atoms with van der Waals surface area (Å²) in [7, 11) is 0. The zero-order valence-electron chi connectivity index (χ0n) is 12.9. The van der Waals surface area contributed by atoms with Gasteiger partial charge in [0.15, 0.2) is 0 Å². The largest absolute Gasteiger partial charge is 0.284 e. The van der Waals surface area contributed by atoms with E-state index in [4.69, 9.17) is 11.6 Å². The number of carbonyl (C=O) groups excluding carboxylic acids is 2. The van der Waals surface area contributed by atoms with Crippen LogP contribution in [0.25, 0.3) is 10.8 Å². The number of nitro benzene ring substituents is 1. The SMILES string of the molecule is O=C1c2cccc3c(Br)c([N+](=O)[O-])cc(c23)C(=O)N1c1ccc(Cl)cc1. The highest BCUT2D eigenvalue weighted by Crippen LogP contribution is 2.40. The Morgan fingerprint density at radius 3 is 2.31 bits per heavy atom. The first-order valence-corrected chi connectivity index (χ1v) is 8.61. The molecule has 0 aromatic heterocycles. The van der Waals surface area contributed by atoms with E-state index >= 15 is 0 Å². The Bertz CT molecular complexity index is 1130. The predicted molar refractivity (Wildman–Crippen MR) is 101 cm³/mol. The first kappa shape index (κ1) is 16.7. The standard InChI is InChI=1S/C18H8BrClN2O4/c19-16-11-2-1-3-12-15(11)13(8-14(16)22(25)26)18(24)21(17(12)23)10-6-4-9(20)5-7-10/h1-8H. The lowest BCUT2D eigenvalue weighted by molar-refractivity contribution is -0.385. The molecule has 0 atom stereocenters. The minimum absolute atomic E-state index is 0.111. The summed E-state index contributed by atoms with van der Waals surface area (Å²) < 4.78 is 0.239. The van der Waals surface area contributed by atoms with Gasteiger partial charge in [0.05, 0.1) is 16.2 Å². The molecule has 0 aliphatic carbocycles. The van der Waals surface area contributed by atoms with Crippen molar-refractivity contribution < 1.29 is 14.5 Å². The third-order valence-corrected chi connectivity index (χ3v) is 5.31. The van der Waals surface area contributed by atoms with Crippen LogP contribution >= 0.6 is 27.5 Å². The summed E-state index contributed by atoms with van der Waals surface area (Å²) in [6, 6.07) is 12.3. The summed E-state index contributed by atoms with van der Waals surface area (Å²) in [6.45, 7) is 0. The predicted octanol–water partition coefficient (Wildman–Crippen LogP) is 4.96. The zero-order chi connectivity index (χ0) is 18.6. The lowest BCUT2D eigenvalue weighted by Crippen LogP contribution is -2.40. The fourth-order valence-electron chi connectivity index (χ4n) is 3.07. The Morgan fingerprint density at radius 1 is 1.00 bits per heavy atom. The monoisotopic (exact) mass is 430 g/mol. The lowest BCUT2D eigenvalue weighted by Gasteiger charge is -2.27. The van der Waals surface area contributed by atoms with E-state index in [0.29, 0.717) is 27.0 Å². The van der Waals surface area contributed by atoms with Gasteiger partial charge in [-0.25, -0.2) is 4.90 Å². The van der Waals surface area contributed by atoms with Crippen molar-refractivity contribution in [2.75, 3.05) is 4.90 Å². The molecule has 1 heterocycles. The van der Waals surface area contributed by atoms with Crippen LogP contribution < -0.4 is 4.90 Å². The molecule has 0 bridgehead atoms. The Morgan fingerprint density at radius 2 is 1.65 bits per heavy atom. The van der Waals surface area contributed by atoms with Gasteiger partial charge in [-0.3, -0.25) is 19.7 Å². The van der Waals surface area contributed by atoms with Gasteiger partial charge in [-0.1, -0.05) is 23.7 Å². The van der Waals surface area contributed by atoms with Gasteiger partial charge in [0.1, 0.15) is 4.47 Å². The quantitative estimate of drug-likeness (QED) is 0.326. The van der Waals surface area contributed by atoms with E-state index in [9.17, 15) is 19.7 Å². The molecule has 3 aromatic carbocycles. The summed E-state index contributed by atoms with van der Waals surface area (Å²) in [5.41, 5.74) is 0.531. The summed E-state index contributed by atoms with van der Waals surface area (Å²) in [5.74, 6) is -1.10. The van der Waals surface area contributed by atoms with Crippen molar-refractivity contribution in [2.45, 2.75) is 0 Å². The van der Waals surface area contributed by atoms with E-state index in [1.165, 1.54) is 6.07 Å². The van der Waals surface area contributed by atoms with Gasteiger partial charge in [0.2, 0.25) is 0 Å². The van der Waals surface area contributed by atoms with E-state index in [2.05, 4.69) is 15.9 Å². The number of amides is 2. The van der Waals surface area contributed by atoms with Crippen LogP contribution in [0.1, 0.15) is 20.7 Å². The third kappa shape index (κ3) is 2.32. The van der Waals surface area contributed by atoms with Crippen LogP contribution in [-0.2, 0) is 0 Å². The summed E-state index contributed by atoms with van der Waals surface area (Å²) in [6.07, 6.45) is 0. The second kappa shape index (κ2) is 5.89. The molecule has 0 saturated heterocycles. The second-order valence-electron chi connectivity index (χ2n) is 5.66. The van der Waals surface area contributed by atoms with Crippen LogP contribution in [0.5, 0.6) is 0 Å². The minimum Gasteiger partial charge on any atom is -0.268 e. The molecule has 1 aliphatic rings. The highest BCUT2D eigenvalue weighted by Gasteiger charge is 2.36. The molecule has 6 nitrogen and oxygen atoms in total. The molecule has 0 radical (unpaired) electrons. The number of nitrogens with zero attached hydrogens (tertiary/aromatic N) is 2. The number of imide groups is 1. The number of anilines is 1. The first-order valence-electron chi connectivity index (χ1n) is 7.44. The molecule has 4 rings (SSSR count). The van der Waals surface area contributed by atoms with Gasteiger partial charge in [-0.05, 0) is 46.3 Å². The smallest absolute Gasteiger partial charge is 0.268 e. The van der Waals surface area contributed by atoms with E-state index in [-0.39, 0.29) is 15.7 Å². The minimum atomic E-state index is -0.614. The second-order valence-corrected chi connectivity index (χ2v) is 6.89. The molecular formula is C18H8BrClN2O4. The Balaban J connectivity index is 2.03. The van der Waals surface area contributed by atoms with Crippen LogP contribution in [0.2, 0.25) is 5.02 Å². The molecule has 1 aliphatic heterocycles. The first-order chi connectivity index (χ1) is 12.4. The fraction of sp³-hybridized carbons (Fsp3) is 0. The number of halogens is 2. The van der Waals surface area contributed by atoms with Crippen LogP contribution in [0, 0.1) is 10.1 Å². The van der Waals surface area contributed by atoms with Crippen LogP contribution in [-0.4, -0.2) is 16.7 Å². The number of nitro groups is 1. The number of hydrogen-bond acceptors (Lipinski definition) is 4. The third-order valence-electron chi connectivity index (χ3n) is 4.22. The molecule has 26 heavy (non-hydrogen) atoms. The van der Waals surface area contributed by atoms with Crippen LogP contribution in [0.15, 0.2) is 53.0 Å². The van der Waals surface area contributed by atoms with Crippen molar-refractivity contribution >= 4 is 61.5 Å². The van der Waals surface area contributed by atoms with Crippen LogP contribution in [0.3, 0.4) is 0 Å². The van der Waals surface area contributed by atoms with Crippen molar-refractivity contribution in [3.63, 3.8) is 0 Å². The van der Waals surface area contributed by atoms with Gasteiger partial charge >= 0.3 is 0 Å². The highest BCUT2D eigenvalue weighted by atomic mass is 79.9. The molecular weight excluding hydrogens is 424 g/mol. The van der Waals surface area contributed by atoms with Gasteiger partial charge in [0, 0.05) is 27.4 Å². The molecule has 2 amide bonds. The summed E-state index contributed by atoms with van der Waals surface area (Å²) in [4.78, 5) is 37.8. The summed E-state index contributed by atoms with van der Waals surface area (Å²) >= 11 is 9.09. The molecule has 0 saturated carbocycles.